The molecule has 5 N–H and O–H groups in total. The van der Waals surface area contributed by atoms with Crippen molar-refractivity contribution < 1.29 is 4.74 Å². The van der Waals surface area contributed by atoms with Gasteiger partial charge < -0.3 is 20.3 Å². The number of anilines is 2. The summed E-state index contributed by atoms with van der Waals surface area (Å²) < 4.78 is 5.42. The maximum atomic E-state index is 8.38. The Morgan fingerprint density at radius 1 is 1.11 bits per heavy atom. The van der Waals surface area contributed by atoms with Crippen LogP contribution < -0.4 is 15.5 Å². The average Bonchev–Trinajstić information content (AvgIpc) is 3.03. The van der Waals surface area contributed by atoms with Crippen LogP contribution in [0.5, 0.6) is 0 Å². The van der Waals surface area contributed by atoms with E-state index in [1.807, 2.05) is 12.1 Å². The standard InChI is InChI=1S/C20H31N7O/c1-24-20-15(6-7-16(26-20)27-12-4-2-3-5-13-27)17(21)19(23)28-18(22)14-8-10-25-11-9-14/h6-7,14,21-23,25H,2-5,8-13H2,1H3,(H,24,26). The van der Waals surface area contributed by atoms with Crippen LogP contribution in [-0.4, -0.2) is 55.7 Å². The fourth-order valence-corrected chi connectivity index (χ4v) is 3.77. The Balaban J connectivity index is 1.69. The normalized spacial score (nSPS) is 18.2. The van der Waals surface area contributed by atoms with Crippen molar-refractivity contribution in [1.82, 2.24) is 10.3 Å². The first kappa shape index (κ1) is 20.3. The summed E-state index contributed by atoms with van der Waals surface area (Å²) in [6, 6.07) is 3.74. The lowest BCUT2D eigenvalue weighted by Gasteiger charge is -2.24. The van der Waals surface area contributed by atoms with Crippen molar-refractivity contribution in [1.29, 1.82) is 16.2 Å². The van der Waals surface area contributed by atoms with Crippen LogP contribution >= 0.6 is 0 Å². The van der Waals surface area contributed by atoms with E-state index in [2.05, 4.69) is 20.5 Å². The molecule has 0 spiro atoms. The van der Waals surface area contributed by atoms with Crippen molar-refractivity contribution in [2.24, 2.45) is 5.92 Å². The van der Waals surface area contributed by atoms with Gasteiger partial charge >= 0.3 is 0 Å². The molecule has 0 amide bonds. The molecule has 3 heterocycles. The third-order valence-corrected chi connectivity index (χ3v) is 5.47. The number of pyridine rings is 1. The van der Waals surface area contributed by atoms with E-state index >= 15 is 0 Å². The van der Waals surface area contributed by atoms with Gasteiger partial charge in [-0.2, -0.15) is 0 Å². The molecule has 2 saturated heterocycles. The molecule has 0 radical (unpaired) electrons. The van der Waals surface area contributed by atoms with E-state index < -0.39 is 0 Å². The fourth-order valence-electron chi connectivity index (χ4n) is 3.77. The van der Waals surface area contributed by atoms with Crippen molar-refractivity contribution in [2.45, 2.75) is 38.5 Å². The second kappa shape index (κ2) is 9.64. The largest absolute Gasteiger partial charge is 0.423 e. The molecule has 0 saturated carbocycles. The molecule has 0 bridgehead atoms. The molecule has 28 heavy (non-hydrogen) atoms. The van der Waals surface area contributed by atoms with Gasteiger partial charge in [0.2, 0.25) is 5.90 Å². The Labute approximate surface area is 166 Å². The lowest BCUT2D eigenvalue weighted by atomic mass is 9.98. The molecule has 8 nitrogen and oxygen atoms in total. The molecule has 8 heteroatoms. The molecule has 0 atom stereocenters. The van der Waals surface area contributed by atoms with E-state index in [1.165, 1.54) is 25.7 Å². The Hall–Kier alpha value is -2.48. The van der Waals surface area contributed by atoms with Gasteiger partial charge in [-0.1, -0.05) is 12.8 Å². The van der Waals surface area contributed by atoms with E-state index in [4.69, 9.17) is 21.0 Å². The predicted molar refractivity (Wildman–Crippen MR) is 113 cm³/mol. The molecule has 2 aliphatic heterocycles. The Morgan fingerprint density at radius 3 is 2.43 bits per heavy atom. The third kappa shape index (κ3) is 4.86. The van der Waals surface area contributed by atoms with Crippen molar-refractivity contribution in [3.8, 4) is 0 Å². The monoisotopic (exact) mass is 385 g/mol. The van der Waals surface area contributed by atoms with Crippen molar-refractivity contribution in [3.05, 3.63) is 17.7 Å². The van der Waals surface area contributed by atoms with Crippen molar-refractivity contribution in [3.63, 3.8) is 0 Å². The van der Waals surface area contributed by atoms with Crippen molar-refractivity contribution >= 4 is 29.1 Å². The van der Waals surface area contributed by atoms with Gasteiger partial charge in [-0.05, 0) is 50.9 Å². The van der Waals surface area contributed by atoms with Gasteiger partial charge in [-0.15, -0.1) is 0 Å². The number of piperidine rings is 1. The average molecular weight is 386 g/mol. The summed E-state index contributed by atoms with van der Waals surface area (Å²) in [7, 11) is 1.77. The maximum Gasteiger partial charge on any atom is 0.239 e. The molecule has 0 unspecified atom stereocenters. The van der Waals surface area contributed by atoms with E-state index in [0.29, 0.717) is 11.4 Å². The second-order valence-corrected chi connectivity index (χ2v) is 7.41. The molecule has 152 valence electrons. The SMILES string of the molecule is CNc1nc(N2CCCCCC2)ccc1C(=N)C(=N)OC(=N)C1CCNCC1. The Kier molecular flexibility index (Phi) is 6.97. The first-order valence-electron chi connectivity index (χ1n) is 10.2. The lowest BCUT2D eigenvalue weighted by molar-refractivity contribution is 0.394. The van der Waals surface area contributed by atoms with Crippen LogP contribution in [0.15, 0.2) is 12.1 Å². The number of rotatable bonds is 5. The molecule has 2 fully saturated rings. The number of hydrogen-bond acceptors (Lipinski definition) is 8. The highest BCUT2D eigenvalue weighted by molar-refractivity contribution is 6.45. The zero-order valence-electron chi connectivity index (χ0n) is 16.6. The minimum absolute atomic E-state index is 0.0155. The number of nitrogens with one attached hydrogen (secondary N) is 5. The first-order chi connectivity index (χ1) is 13.6. The molecule has 1 aromatic heterocycles. The smallest absolute Gasteiger partial charge is 0.239 e. The van der Waals surface area contributed by atoms with E-state index in [-0.39, 0.29) is 23.4 Å². The Bertz CT molecular complexity index is 719. The van der Waals surface area contributed by atoms with Crippen molar-refractivity contribution in [2.75, 3.05) is 43.4 Å². The summed E-state index contributed by atoms with van der Waals surface area (Å²) in [5.41, 5.74) is 0.460. The van der Waals surface area contributed by atoms with Gasteiger partial charge in [0.15, 0.2) is 5.90 Å². The number of nitrogens with zero attached hydrogens (tertiary/aromatic N) is 2. The molecular weight excluding hydrogens is 354 g/mol. The highest BCUT2D eigenvalue weighted by Gasteiger charge is 2.23. The van der Waals surface area contributed by atoms with E-state index in [0.717, 1.165) is 44.8 Å². The maximum absolute atomic E-state index is 8.38. The molecule has 3 rings (SSSR count). The van der Waals surface area contributed by atoms with Gasteiger partial charge in [0.05, 0.1) is 0 Å². The van der Waals surface area contributed by atoms with Crippen LogP contribution in [0, 0.1) is 22.1 Å². The molecule has 2 aliphatic rings. The minimum Gasteiger partial charge on any atom is -0.423 e. The number of aromatic nitrogens is 1. The predicted octanol–water partition coefficient (Wildman–Crippen LogP) is 2.84. The van der Waals surface area contributed by atoms with Crippen LogP contribution in [0.1, 0.15) is 44.1 Å². The molecular formula is C20H31N7O. The quantitative estimate of drug-likeness (QED) is 0.394. The topological polar surface area (TPSA) is 121 Å². The number of ether oxygens (including phenoxy) is 1. The summed E-state index contributed by atoms with van der Waals surface area (Å²) in [5.74, 6) is 1.26. The van der Waals surface area contributed by atoms with Gasteiger partial charge in [0.25, 0.3) is 0 Å². The van der Waals surface area contributed by atoms with Crippen LogP contribution in [0.3, 0.4) is 0 Å². The summed E-state index contributed by atoms with van der Waals surface area (Å²) in [6.07, 6.45) is 6.52. The van der Waals surface area contributed by atoms with Crippen LogP contribution in [-0.2, 0) is 4.74 Å². The zero-order chi connectivity index (χ0) is 19.9. The van der Waals surface area contributed by atoms with Crippen LogP contribution in [0.2, 0.25) is 0 Å². The molecule has 1 aromatic rings. The van der Waals surface area contributed by atoms with Gasteiger partial charge in [0, 0.05) is 31.6 Å². The zero-order valence-corrected chi connectivity index (χ0v) is 16.6. The third-order valence-electron chi connectivity index (χ3n) is 5.47. The molecule has 0 aromatic carbocycles. The summed E-state index contributed by atoms with van der Waals surface area (Å²) in [5, 5.41) is 31.0. The lowest BCUT2D eigenvalue weighted by Crippen LogP contribution is -2.34. The highest BCUT2D eigenvalue weighted by atomic mass is 16.5. The highest BCUT2D eigenvalue weighted by Crippen LogP contribution is 2.23. The fraction of sp³-hybridized carbons (Fsp3) is 0.600. The van der Waals surface area contributed by atoms with Crippen LogP contribution in [0.4, 0.5) is 11.6 Å². The number of hydrogen-bond donors (Lipinski definition) is 5. The first-order valence-corrected chi connectivity index (χ1v) is 10.2. The summed E-state index contributed by atoms with van der Waals surface area (Å²) in [4.78, 5) is 6.98. The van der Waals surface area contributed by atoms with E-state index in [1.54, 1.807) is 7.05 Å². The summed E-state index contributed by atoms with van der Waals surface area (Å²) in [6.45, 7) is 3.71. The minimum atomic E-state index is -0.302. The van der Waals surface area contributed by atoms with Gasteiger partial charge in [-0.3, -0.25) is 16.2 Å². The summed E-state index contributed by atoms with van der Waals surface area (Å²) >= 11 is 0. The van der Waals surface area contributed by atoms with E-state index in [9.17, 15) is 0 Å². The van der Waals surface area contributed by atoms with Gasteiger partial charge in [-0.25, -0.2) is 4.98 Å². The van der Waals surface area contributed by atoms with Crippen LogP contribution in [0.25, 0.3) is 0 Å². The Morgan fingerprint density at radius 2 is 1.79 bits per heavy atom. The second-order valence-electron chi connectivity index (χ2n) is 7.41. The molecule has 0 aliphatic carbocycles. The van der Waals surface area contributed by atoms with Gasteiger partial charge in [0.1, 0.15) is 17.3 Å².